The monoisotopic (exact) mass is 274 g/mol. The number of rotatable bonds is 2. The van der Waals surface area contributed by atoms with Crippen LogP contribution in [0.4, 0.5) is 5.69 Å². The lowest BCUT2D eigenvalue weighted by Gasteiger charge is -2.29. The molecule has 106 valence electrons. The standard InChI is InChI=1S/C15H18N2O3/c18-14(11-5-3-7-16-9-11)17-12-6-2-1-4-10(12)8-13(17)15(19)20/h1-2,4,6,11,13,16H,3,5,7-9H2,(H,19,20)/t11-,13-/m0/s1. The molecule has 2 heterocycles. The van der Waals surface area contributed by atoms with Gasteiger partial charge in [-0.3, -0.25) is 9.69 Å². The summed E-state index contributed by atoms with van der Waals surface area (Å²) in [5, 5.41) is 12.6. The molecule has 2 N–H and O–H groups in total. The van der Waals surface area contributed by atoms with E-state index in [1.54, 1.807) is 0 Å². The van der Waals surface area contributed by atoms with Crippen molar-refractivity contribution in [2.24, 2.45) is 5.92 Å². The fourth-order valence-electron chi connectivity index (χ4n) is 3.12. The Kier molecular flexibility index (Phi) is 3.44. The molecule has 1 aromatic carbocycles. The summed E-state index contributed by atoms with van der Waals surface area (Å²) < 4.78 is 0. The molecule has 0 unspecified atom stereocenters. The molecular formula is C15H18N2O3. The van der Waals surface area contributed by atoms with Crippen LogP contribution < -0.4 is 10.2 Å². The first kappa shape index (κ1) is 13.1. The van der Waals surface area contributed by atoms with Crippen LogP contribution in [0.2, 0.25) is 0 Å². The Bertz CT molecular complexity index is 538. The minimum atomic E-state index is -0.932. The Labute approximate surface area is 117 Å². The van der Waals surface area contributed by atoms with Crippen LogP contribution >= 0.6 is 0 Å². The fourth-order valence-corrected chi connectivity index (χ4v) is 3.12. The normalized spacial score (nSPS) is 25.3. The lowest BCUT2D eigenvalue weighted by Crippen LogP contribution is -2.48. The van der Waals surface area contributed by atoms with E-state index >= 15 is 0 Å². The fraction of sp³-hybridized carbons (Fsp3) is 0.467. The largest absolute Gasteiger partial charge is 0.480 e. The SMILES string of the molecule is O=C(O)[C@@H]1Cc2ccccc2N1C(=O)[C@H]1CCCNC1. The van der Waals surface area contributed by atoms with E-state index in [0.29, 0.717) is 13.0 Å². The molecule has 20 heavy (non-hydrogen) atoms. The third-order valence-electron chi connectivity index (χ3n) is 4.14. The van der Waals surface area contributed by atoms with Crippen molar-refractivity contribution < 1.29 is 14.7 Å². The number of fused-ring (bicyclic) bond motifs is 1. The minimum absolute atomic E-state index is 0.0606. The summed E-state index contributed by atoms with van der Waals surface area (Å²) in [5.41, 5.74) is 1.70. The summed E-state index contributed by atoms with van der Waals surface area (Å²) in [6.07, 6.45) is 2.19. The van der Waals surface area contributed by atoms with E-state index in [2.05, 4.69) is 5.32 Å². The summed E-state index contributed by atoms with van der Waals surface area (Å²) in [5.74, 6) is -1.11. The zero-order valence-electron chi connectivity index (χ0n) is 11.2. The van der Waals surface area contributed by atoms with Gasteiger partial charge in [-0.25, -0.2) is 4.79 Å². The molecule has 0 aliphatic carbocycles. The van der Waals surface area contributed by atoms with Crippen LogP contribution in [0.15, 0.2) is 24.3 Å². The highest BCUT2D eigenvalue weighted by Crippen LogP contribution is 2.34. The summed E-state index contributed by atoms with van der Waals surface area (Å²) in [4.78, 5) is 25.7. The molecule has 5 heteroatoms. The number of amides is 1. The van der Waals surface area contributed by atoms with E-state index in [-0.39, 0.29) is 11.8 Å². The number of carboxylic acids is 1. The number of anilines is 1. The third-order valence-corrected chi connectivity index (χ3v) is 4.14. The second-order valence-corrected chi connectivity index (χ2v) is 5.44. The van der Waals surface area contributed by atoms with E-state index in [1.165, 1.54) is 4.90 Å². The zero-order valence-corrected chi connectivity index (χ0v) is 11.2. The van der Waals surface area contributed by atoms with Crippen molar-refractivity contribution in [3.8, 4) is 0 Å². The molecule has 2 aliphatic rings. The predicted molar refractivity (Wildman–Crippen MR) is 74.6 cm³/mol. The summed E-state index contributed by atoms with van der Waals surface area (Å²) in [6, 6.07) is 6.71. The van der Waals surface area contributed by atoms with Gasteiger partial charge in [-0.15, -0.1) is 0 Å². The lowest BCUT2D eigenvalue weighted by atomic mass is 9.97. The molecule has 0 spiro atoms. The zero-order chi connectivity index (χ0) is 14.1. The van der Waals surface area contributed by atoms with Crippen molar-refractivity contribution in [1.82, 2.24) is 5.32 Å². The smallest absolute Gasteiger partial charge is 0.327 e. The molecule has 0 saturated carbocycles. The van der Waals surface area contributed by atoms with Gasteiger partial charge in [0.15, 0.2) is 0 Å². The van der Waals surface area contributed by atoms with E-state index in [0.717, 1.165) is 30.6 Å². The maximum atomic E-state index is 12.7. The highest BCUT2D eigenvalue weighted by Gasteiger charge is 2.40. The molecule has 5 nitrogen and oxygen atoms in total. The van der Waals surface area contributed by atoms with Crippen molar-refractivity contribution >= 4 is 17.6 Å². The van der Waals surface area contributed by atoms with E-state index in [9.17, 15) is 14.7 Å². The van der Waals surface area contributed by atoms with Gasteiger partial charge < -0.3 is 10.4 Å². The van der Waals surface area contributed by atoms with Gasteiger partial charge in [0.25, 0.3) is 0 Å². The molecule has 0 bridgehead atoms. The van der Waals surface area contributed by atoms with Gasteiger partial charge in [0.1, 0.15) is 6.04 Å². The molecule has 0 radical (unpaired) electrons. The number of aliphatic carboxylic acids is 1. The molecule has 1 saturated heterocycles. The van der Waals surface area contributed by atoms with Crippen LogP contribution in [0.5, 0.6) is 0 Å². The Morgan fingerprint density at radius 3 is 2.80 bits per heavy atom. The van der Waals surface area contributed by atoms with Crippen LogP contribution in [0.1, 0.15) is 18.4 Å². The summed E-state index contributed by atoms with van der Waals surface area (Å²) in [7, 11) is 0. The average molecular weight is 274 g/mol. The maximum absolute atomic E-state index is 12.7. The predicted octanol–water partition coefficient (Wildman–Crippen LogP) is 1.03. The lowest BCUT2D eigenvalue weighted by molar-refractivity contribution is -0.140. The van der Waals surface area contributed by atoms with E-state index in [4.69, 9.17) is 0 Å². The van der Waals surface area contributed by atoms with Gasteiger partial charge in [0.2, 0.25) is 5.91 Å². The topological polar surface area (TPSA) is 69.6 Å². The number of para-hydroxylation sites is 1. The van der Waals surface area contributed by atoms with Crippen molar-refractivity contribution in [3.05, 3.63) is 29.8 Å². The molecule has 1 aromatic rings. The number of benzene rings is 1. The second-order valence-electron chi connectivity index (χ2n) is 5.44. The number of hydrogen-bond donors (Lipinski definition) is 2. The number of nitrogens with zero attached hydrogens (tertiary/aromatic N) is 1. The Morgan fingerprint density at radius 1 is 1.30 bits per heavy atom. The van der Waals surface area contributed by atoms with Gasteiger partial charge in [-0.2, -0.15) is 0 Å². The second kappa shape index (κ2) is 5.25. The quantitative estimate of drug-likeness (QED) is 0.845. The molecule has 1 amide bonds. The average Bonchev–Trinajstić information content (AvgIpc) is 2.87. The molecule has 2 atom stereocenters. The van der Waals surface area contributed by atoms with Crippen LogP contribution in [-0.2, 0) is 16.0 Å². The molecule has 3 rings (SSSR count). The van der Waals surface area contributed by atoms with Crippen LogP contribution in [0.3, 0.4) is 0 Å². The molecular weight excluding hydrogens is 256 g/mol. The molecule has 0 aromatic heterocycles. The first-order valence-corrected chi connectivity index (χ1v) is 7.03. The minimum Gasteiger partial charge on any atom is -0.480 e. The summed E-state index contributed by atoms with van der Waals surface area (Å²) in [6.45, 7) is 1.58. The highest BCUT2D eigenvalue weighted by atomic mass is 16.4. The first-order valence-electron chi connectivity index (χ1n) is 7.03. The highest BCUT2D eigenvalue weighted by molar-refractivity contribution is 6.03. The van der Waals surface area contributed by atoms with Gasteiger partial charge in [-0.05, 0) is 31.0 Å². The third kappa shape index (κ3) is 2.18. The van der Waals surface area contributed by atoms with E-state index in [1.807, 2.05) is 24.3 Å². The Morgan fingerprint density at radius 2 is 2.10 bits per heavy atom. The Balaban J connectivity index is 1.91. The number of carbonyl (C=O) groups excluding carboxylic acids is 1. The number of nitrogens with one attached hydrogen (secondary N) is 1. The summed E-state index contributed by atoms with van der Waals surface area (Å²) >= 11 is 0. The van der Waals surface area contributed by atoms with Gasteiger partial charge >= 0.3 is 5.97 Å². The van der Waals surface area contributed by atoms with Crippen LogP contribution in [0.25, 0.3) is 0 Å². The van der Waals surface area contributed by atoms with Crippen molar-refractivity contribution in [2.75, 3.05) is 18.0 Å². The Hall–Kier alpha value is -1.88. The van der Waals surface area contributed by atoms with Crippen molar-refractivity contribution in [1.29, 1.82) is 0 Å². The number of piperidine rings is 1. The number of hydrogen-bond acceptors (Lipinski definition) is 3. The first-order chi connectivity index (χ1) is 9.68. The number of carbonyl (C=O) groups is 2. The maximum Gasteiger partial charge on any atom is 0.327 e. The van der Waals surface area contributed by atoms with Gasteiger partial charge in [0, 0.05) is 18.7 Å². The molecule has 1 fully saturated rings. The van der Waals surface area contributed by atoms with Crippen LogP contribution in [-0.4, -0.2) is 36.1 Å². The molecule has 2 aliphatic heterocycles. The number of carboxylic acid groups (broad SMARTS) is 1. The van der Waals surface area contributed by atoms with Gasteiger partial charge in [0.05, 0.1) is 5.92 Å². The van der Waals surface area contributed by atoms with Gasteiger partial charge in [-0.1, -0.05) is 18.2 Å². The van der Waals surface area contributed by atoms with Crippen molar-refractivity contribution in [2.45, 2.75) is 25.3 Å². The van der Waals surface area contributed by atoms with Crippen LogP contribution in [0, 0.1) is 5.92 Å². The van der Waals surface area contributed by atoms with Crippen molar-refractivity contribution in [3.63, 3.8) is 0 Å². The van der Waals surface area contributed by atoms with E-state index < -0.39 is 12.0 Å².